The van der Waals surface area contributed by atoms with Crippen LogP contribution < -0.4 is 5.32 Å². The largest absolute Gasteiger partial charge is 0.481 e. The van der Waals surface area contributed by atoms with Gasteiger partial charge in [-0.05, 0) is 31.4 Å². The SMILES string of the molecule is CC(CN(C)C(=O)NCCCCc1ccc(Cl)s1)C(=O)O. The van der Waals surface area contributed by atoms with E-state index in [1.807, 2.05) is 12.1 Å². The van der Waals surface area contributed by atoms with E-state index in [0.29, 0.717) is 6.54 Å². The summed E-state index contributed by atoms with van der Waals surface area (Å²) >= 11 is 7.44. The number of amides is 2. The second-order valence-corrected chi connectivity index (χ2v) is 6.81. The smallest absolute Gasteiger partial charge is 0.317 e. The van der Waals surface area contributed by atoms with E-state index < -0.39 is 11.9 Å². The van der Waals surface area contributed by atoms with E-state index in [0.717, 1.165) is 23.6 Å². The van der Waals surface area contributed by atoms with Crippen molar-refractivity contribution >= 4 is 34.9 Å². The molecule has 1 heterocycles. The lowest BCUT2D eigenvalue weighted by Gasteiger charge is -2.19. The molecule has 1 aromatic heterocycles. The van der Waals surface area contributed by atoms with Crippen LogP contribution >= 0.6 is 22.9 Å². The molecular formula is C14H21ClN2O3S. The van der Waals surface area contributed by atoms with Crippen molar-refractivity contribution in [2.45, 2.75) is 26.2 Å². The van der Waals surface area contributed by atoms with Gasteiger partial charge in [0.25, 0.3) is 0 Å². The van der Waals surface area contributed by atoms with E-state index in [1.165, 1.54) is 9.78 Å². The lowest BCUT2D eigenvalue weighted by molar-refractivity contribution is -0.141. The number of urea groups is 1. The molecule has 0 aliphatic carbocycles. The summed E-state index contributed by atoms with van der Waals surface area (Å²) in [5, 5.41) is 11.6. The zero-order chi connectivity index (χ0) is 15.8. The second-order valence-electron chi connectivity index (χ2n) is 5.01. The summed E-state index contributed by atoms with van der Waals surface area (Å²) in [5.74, 6) is -1.46. The van der Waals surface area contributed by atoms with Crippen molar-refractivity contribution < 1.29 is 14.7 Å². The van der Waals surface area contributed by atoms with Crippen molar-refractivity contribution in [2.24, 2.45) is 5.92 Å². The predicted octanol–water partition coefficient (Wildman–Crippen LogP) is 3.09. The maximum Gasteiger partial charge on any atom is 0.317 e. The Morgan fingerprint density at radius 1 is 1.43 bits per heavy atom. The van der Waals surface area contributed by atoms with Crippen LogP contribution in [0.1, 0.15) is 24.6 Å². The minimum atomic E-state index is -0.899. The minimum absolute atomic E-state index is 0.203. The molecule has 2 N–H and O–H groups in total. The molecule has 1 atom stereocenters. The number of unbranched alkanes of at least 4 members (excludes halogenated alkanes) is 1. The first-order chi connectivity index (χ1) is 9.90. The fourth-order valence-corrected chi connectivity index (χ4v) is 2.94. The van der Waals surface area contributed by atoms with E-state index in [-0.39, 0.29) is 12.6 Å². The molecule has 0 fully saturated rings. The van der Waals surface area contributed by atoms with E-state index in [2.05, 4.69) is 5.32 Å². The van der Waals surface area contributed by atoms with Crippen molar-refractivity contribution in [2.75, 3.05) is 20.1 Å². The van der Waals surface area contributed by atoms with E-state index in [4.69, 9.17) is 16.7 Å². The molecule has 0 radical (unpaired) electrons. The van der Waals surface area contributed by atoms with Gasteiger partial charge in [-0.15, -0.1) is 11.3 Å². The summed E-state index contributed by atoms with van der Waals surface area (Å²) in [4.78, 5) is 25.1. The molecule has 0 bridgehead atoms. The third kappa shape index (κ3) is 6.82. The molecule has 21 heavy (non-hydrogen) atoms. The highest BCUT2D eigenvalue weighted by Gasteiger charge is 2.16. The molecule has 0 aromatic carbocycles. The molecule has 1 rings (SSSR count). The summed E-state index contributed by atoms with van der Waals surface area (Å²) < 4.78 is 0.799. The van der Waals surface area contributed by atoms with Crippen molar-refractivity contribution in [1.82, 2.24) is 10.2 Å². The highest BCUT2D eigenvalue weighted by molar-refractivity contribution is 7.16. The molecule has 0 saturated heterocycles. The molecular weight excluding hydrogens is 312 g/mol. The van der Waals surface area contributed by atoms with Crippen LogP contribution in [0, 0.1) is 5.92 Å². The number of carbonyl (C=O) groups excluding carboxylic acids is 1. The van der Waals surface area contributed by atoms with Crippen molar-refractivity contribution in [1.29, 1.82) is 0 Å². The Morgan fingerprint density at radius 2 is 2.14 bits per heavy atom. The number of rotatable bonds is 8. The van der Waals surface area contributed by atoms with E-state index in [1.54, 1.807) is 25.3 Å². The minimum Gasteiger partial charge on any atom is -0.481 e. The predicted molar refractivity (Wildman–Crippen MR) is 85.1 cm³/mol. The maximum atomic E-state index is 11.7. The van der Waals surface area contributed by atoms with Crippen molar-refractivity contribution in [3.8, 4) is 0 Å². The van der Waals surface area contributed by atoms with Crippen LogP contribution in [0.5, 0.6) is 0 Å². The van der Waals surface area contributed by atoms with Gasteiger partial charge in [0.2, 0.25) is 0 Å². The van der Waals surface area contributed by atoms with Crippen LogP contribution in [0.25, 0.3) is 0 Å². The van der Waals surface area contributed by atoms with Gasteiger partial charge in [-0.25, -0.2) is 4.79 Å². The van der Waals surface area contributed by atoms with Gasteiger partial charge in [0.15, 0.2) is 0 Å². The summed E-state index contributed by atoms with van der Waals surface area (Å²) in [6.45, 7) is 2.37. The number of hydrogen-bond donors (Lipinski definition) is 2. The number of nitrogens with zero attached hydrogens (tertiary/aromatic N) is 1. The number of hydrogen-bond acceptors (Lipinski definition) is 3. The normalized spacial score (nSPS) is 12.0. The Kier molecular flexibility index (Phi) is 7.53. The van der Waals surface area contributed by atoms with Crippen LogP contribution in [0.15, 0.2) is 12.1 Å². The lowest BCUT2D eigenvalue weighted by atomic mass is 10.2. The molecule has 0 aliphatic heterocycles. The molecule has 0 aliphatic rings. The second kappa shape index (κ2) is 8.89. The fourth-order valence-electron chi connectivity index (χ4n) is 1.81. The van der Waals surface area contributed by atoms with E-state index in [9.17, 15) is 9.59 Å². The molecule has 5 nitrogen and oxygen atoms in total. The summed E-state index contributed by atoms with van der Waals surface area (Å²) in [6, 6.07) is 3.68. The Labute approximate surface area is 133 Å². The van der Waals surface area contributed by atoms with Gasteiger partial charge in [0, 0.05) is 25.0 Å². The van der Waals surface area contributed by atoms with Crippen LogP contribution in [-0.4, -0.2) is 42.1 Å². The number of carboxylic acid groups (broad SMARTS) is 1. The molecule has 7 heteroatoms. The van der Waals surface area contributed by atoms with Crippen LogP contribution in [-0.2, 0) is 11.2 Å². The Hall–Kier alpha value is -1.27. The van der Waals surface area contributed by atoms with Gasteiger partial charge in [-0.2, -0.15) is 0 Å². The first kappa shape index (κ1) is 17.8. The monoisotopic (exact) mass is 332 g/mol. The topological polar surface area (TPSA) is 69.6 Å². The molecule has 1 aromatic rings. The number of nitrogens with one attached hydrogen (secondary N) is 1. The van der Waals surface area contributed by atoms with Gasteiger partial charge in [0.05, 0.1) is 10.3 Å². The van der Waals surface area contributed by atoms with Crippen LogP contribution in [0.2, 0.25) is 4.34 Å². The quantitative estimate of drug-likeness (QED) is 0.719. The maximum absolute atomic E-state index is 11.7. The van der Waals surface area contributed by atoms with Crippen molar-refractivity contribution in [3.63, 3.8) is 0 Å². The Bertz CT molecular complexity index is 479. The molecule has 0 saturated carbocycles. The number of aryl methyl sites for hydroxylation is 1. The van der Waals surface area contributed by atoms with Crippen molar-refractivity contribution in [3.05, 3.63) is 21.3 Å². The zero-order valence-electron chi connectivity index (χ0n) is 12.3. The number of aliphatic carboxylic acids is 1. The number of carbonyl (C=O) groups is 2. The molecule has 1 unspecified atom stereocenters. The average Bonchev–Trinajstić information content (AvgIpc) is 2.83. The summed E-state index contributed by atoms with van der Waals surface area (Å²) in [5.41, 5.74) is 0. The Balaban J connectivity index is 2.14. The van der Waals surface area contributed by atoms with Gasteiger partial charge < -0.3 is 15.3 Å². The first-order valence-electron chi connectivity index (χ1n) is 6.86. The van der Waals surface area contributed by atoms with E-state index >= 15 is 0 Å². The number of halogens is 1. The molecule has 0 spiro atoms. The number of thiophene rings is 1. The lowest BCUT2D eigenvalue weighted by Crippen LogP contribution is -2.41. The highest BCUT2D eigenvalue weighted by atomic mass is 35.5. The standard InChI is InChI=1S/C14H21ClN2O3S/c1-10(13(18)19)9-17(2)14(20)16-8-4-3-5-11-6-7-12(15)21-11/h6-7,10H,3-5,8-9H2,1-2H3,(H,16,20)(H,18,19). The number of carboxylic acids is 1. The summed E-state index contributed by atoms with van der Waals surface area (Å²) in [6.07, 6.45) is 2.81. The summed E-state index contributed by atoms with van der Waals surface area (Å²) in [7, 11) is 1.60. The zero-order valence-corrected chi connectivity index (χ0v) is 13.8. The third-order valence-corrected chi connectivity index (χ3v) is 4.36. The van der Waals surface area contributed by atoms with Gasteiger partial charge >= 0.3 is 12.0 Å². The van der Waals surface area contributed by atoms with Gasteiger partial charge in [-0.1, -0.05) is 18.5 Å². The third-order valence-electron chi connectivity index (χ3n) is 3.07. The molecule has 2 amide bonds. The average molecular weight is 333 g/mol. The van der Waals surface area contributed by atoms with Gasteiger partial charge in [-0.3, -0.25) is 4.79 Å². The first-order valence-corrected chi connectivity index (χ1v) is 8.05. The molecule has 118 valence electrons. The fraction of sp³-hybridized carbons (Fsp3) is 0.571. The van der Waals surface area contributed by atoms with Crippen LogP contribution in [0.4, 0.5) is 4.79 Å². The van der Waals surface area contributed by atoms with Gasteiger partial charge in [0.1, 0.15) is 0 Å². The highest BCUT2D eigenvalue weighted by Crippen LogP contribution is 2.22. The van der Waals surface area contributed by atoms with Crippen LogP contribution in [0.3, 0.4) is 0 Å². The Morgan fingerprint density at radius 3 is 2.71 bits per heavy atom.